The van der Waals surface area contributed by atoms with E-state index in [2.05, 4.69) is 41.5 Å². The first-order valence-corrected chi connectivity index (χ1v) is 8.87. The summed E-state index contributed by atoms with van der Waals surface area (Å²) in [4.78, 5) is 17.9. The monoisotopic (exact) mass is 352 g/mol. The summed E-state index contributed by atoms with van der Waals surface area (Å²) < 4.78 is 5.22. The number of methoxy groups -OCH3 is 1. The van der Waals surface area contributed by atoms with Gasteiger partial charge >= 0.3 is 0 Å². The molecule has 3 rings (SSSR count). The number of carbonyl (C=O) groups excluding carboxylic acids is 1. The van der Waals surface area contributed by atoms with E-state index in [1.165, 1.54) is 16.0 Å². The number of para-hydroxylation sites is 1. The second-order valence-corrected chi connectivity index (χ2v) is 6.97. The van der Waals surface area contributed by atoms with E-state index in [-0.39, 0.29) is 5.91 Å². The lowest BCUT2D eigenvalue weighted by Crippen LogP contribution is -2.23. The molecule has 0 saturated carbocycles. The largest absolute Gasteiger partial charge is 0.496 e. The van der Waals surface area contributed by atoms with Gasteiger partial charge in [-0.1, -0.05) is 42.0 Å². The van der Waals surface area contributed by atoms with Crippen molar-refractivity contribution in [3.05, 3.63) is 81.3 Å². The van der Waals surface area contributed by atoms with Crippen molar-refractivity contribution in [3.63, 3.8) is 0 Å². The van der Waals surface area contributed by atoms with Crippen LogP contribution < -0.4 is 10.1 Å². The van der Waals surface area contributed by atoms with Gasteiger partial charge in [-0.05, 0) is 24.6 Å². The lowest BCUT2D eigenvalue weighted by molar-refractivity contribution is 0.0948. The molecule has 128 valence electrons. The molecule has 2 aromatic carbocycles. The number of rotatable bonds is 6. The highest BCUT2D eigenvalue weighted by Crippen LogP contribution is 2.19. The Balaban J connectivity index is 1.60. The summed E-state index contributed by atoms with van der Waals surface area (Å²) >= 11 is 1.62. The van der Waals surface area contributed by atoms with Crippen molar-refractivity contribution >= 4 is 17.2 Å². The number of ether oxygens (including phenoxy) is 1. The van der Waals surface area contributed by atoms with Crippen LogP contribution in [0.25, 0.3) is 0 Å². The van der Waals surface area contributed by atoms with E-state index < -0.39 is 0 Å². The molecule has 3 aromatic rings. The van der Waals surface area contributed by atoms with Crippen LogP contribution in [0.4, 0.5) is 0 Å². The van der Waals surface area contributed by atoms with Crippen LogP contribution in [0, 0.1) is 6.92 Å². The molecular formula is C20H20N2O2S. The zero-order valence-corrected chi connectivity index (χ0v) is 15.1. The van der Waals surface area contributed by atoms with Crippen LogP contribution in [-0.2, 0) is 13.0 Å². The zero-order chi connectivity index (χ0) is 17.6. The molecule has 1 heterocycles. The number of hydrogen-bond acceptors (Lipinski definition) is 4. The Kier molecular flexibility index (Phi) is 5.46. The number of thiazole rings is 1. The maximum Gasteiger partial charge on any atom is 0.255 e. The third-order valence-corrected chi connectivity index (χ3v) is 4.85. The minimum Gasteiger partial charge on any atom is -0.496 e. The molecule has 0 saturated heterocycles. The van der Waals surface area contributed by atoms with Crippen molar-refractivity contribution in [2.45, 2.75) is 19.9 Å². The van der Waals surface area contributed by atoms with Gasteiger partial charge in [0.2, 0.25) is 0 Å². The summed E-state index contributed by atoms with van der Waals surface area (Å²) in [5, 5.41) is 3.80. The molecule has 0 radical (unpaired) electrons. The molecule has 0 unspecified atom stereocenters. The van der Waals surface area contributed by atoms with Crippen LogP contribution in [0.1, 0.15) is 31.4 Å². The summed E-state index contributed by atoms with van der Waals surface area (Å²) in [6, 6.07) is 15.7. The number of carbonyl (C=O) groups is 1. The van der Waals surface area contributed by atoms with Gasteiger partial charge in [0.15, 0.2) is 0 Å². The number of hydrogen-bond donors (Lipinski definition) is 1. The van der Waals surface area contributed by atoms with Crippen molar-refractivity contribution in [2.75, 3.05) is 7.11 Å². The number of nitrogens with zero attached hydrogens (tertiary/aromatic N) is 1. The second-order valence-electron chi connectivity index (χ2n) is 5.77. The molecule has 1 N–H and O–H groups in total. The fourth-order valence-electron chi connectivity index (χ4n) is 2.50. The molecule has 0 atom stereocenters. The van der Waals surface area contributed by atoms with Gasteiger partial charge in [-0.15, -0.1) is 11.3 Å². The smallest absolute Gasteiger partial charge is 0.255 e. The predicted molar refractivity (Wildman–Crippen MR) is 100 cm³/mol. The van der Waals surface area contributed by atoms with E-state index in [1.807, 2.05) is 18.3 Å². The van der Waals surface area contributed by atoms with Crippen LogP contribution in [0.2, 0.25) is 0 Å². The quantitative estimate of drug-likeness (QED) is 0.730. The Labute approximate surface area is 151 Å². The molecule has 0 aliphatic heterocycles. The molecule has 0 aliphatic carbocycles. The van der Waals surface area contributed by atoms with E-state index in [0.29, 0.717) is 17.9 Å². The van der Waals surface area contributed by atoms with Gasteiger partial charge in [-0.3, -0.25) is 4.79 Å². The summed E-state index contributed by atoms with van der Waals surface area (Å²) in [5.41, 5.74) is 3.05. The summed E-state index contributed by atoms with van der Waals surface area (Å²) in [5.74, 6) is 0.409. The minimum atomic E-state index is -0.160. The lowest BCUT2D eigenvalue weighted by atomic mass is 10.1. The zero-order valence-electron chi connectivity index (χ0n) is 14.3. The second kappa shape index (κ2) is 7.94. The molecule has 25 heavy (non-hydrogen) atoms. The van der Waals surface area contributed by atoms with Crippen molar-refractivity contribution in [3.8, 4) is 5.75 Å². The third kappa shape index (κ3) is 4.45. The highest BCUT2D eigenvalue weighted by molar-refractivity contribution is 7.11. The average Bonchev–Trinajstić information content (AvgIpc) is 3.09. The molecule has 0 fully saturated rings. The Hall–Kier alpha value is -2.66. The SMILES string of the molecule is COc1ccccc1C(=O)NCc1ncc(Cc2ccc(C)cc2)s1. The van der Waals surface area contributed by atoms with Gasteiger partial charge in [-0.2, -0.15) is 0 Å². The van der Waals surface area contributed by atoms with Gasteiger partial charge in [0.25, 0.3) is 5.91 Å². The molecule has 0 spiro atoms. The minimum absolute atomic E-state index is 0.160. The first-order chi connectivity index (χ1) is 12.2. The number of aromatic nitrogens is 1. The molecule has 0 aliphatic rings. The van der Waals surface area contributed by atoms with E-state index >= 15 is 0 Å². The number of benzene rings is 2. The third-order valence-electron chi connectivity index (χ3n) is 3.85. The Morgan fingerprint density at radius 2 is 1.92 bits per heavy atom. The average molecular weight is 352 g/mol. The summed E-state index contributed by atoms with van der Waals surface area (Å²) in [6.45, 7) is 2.49. The van der Waals surface area contributed by atoms with Crippen LogP contribution in [0.15, 0.2) is 54.7 Å². The number of amides is 1. The van der Waals surface area contributed by atoms with Crippen molar-refractivity contribution in [2.24, 2.45) is 0 Å². The summed E-state index contributed by atoms with van der Waals surface area (Å²) in [7, 11) is 1.56. The van der Waals surface area contributed by atoms with Gasteiger partial charge in [0.1, 0.15) is 10.8 Å². The van der Waals surface area contributed by atoms with Crippen molar-refractivity contribution in [1.29, 1.82) is 0 Å². The molecule has 0 bridgehead atoms. The molecular weight excluding hydrogens is 332 g/mol. The van der Waals surface area contributed by atoms with Gasteiger partial charge in [0.05, 0.1) is 19.2 Å². The highest BCUT2D eigenvalue weighted by atomic mass is 32.1. The van der Waals surface area contributed by atoms with E-state index in [4.69, 9.17) is 4.74 Å². The Morgan fingerprint density at radius 1 is 1.16 bits per heavy atom. The fourth-order valence-corrected chi connectivity index (χ4v) is 3.40. The van der Waals surface area contributed by atoms with Gasteiger partial charge in [-0.25, -0.2) is 4.98 Å². The normalized spacial score (nSPS) is 10.5. The molecule has 5 heteroatoms. The Bertz CT molecular complexity index is 856. The van der Waals surface area contributed by atoms with E-state index in [1.54, 1.807) is 30.6 Å². The predicted octanol–water partition coefficient (Wildman–Crippen LogP) is 3.98. The fraction of sp³-hybridized carbons (Fsp3) is 0.200. The van der Waals surface area contributed by atoms with Crippen molar-refractivity contribution in [1.82, 2.24) is 10.3 Å². The van der Waals surface area contributed by atoms with Crippen LogP contribution in [0.3, 0.4) is 0 Å². The molecule has 4 nitrogen and oxygen atoms in total. The number of aryl methyl sites for hydroxylation is 1. The van der Waals surface area contributed by atoms with E-state index in [9.17, 15) is 4.79 Å². The van der Waals surface area contributed by atoms with E-state index in [0.717, 1.165) is 11.4 Å². The van der Waals surface area contributed by atoms with Gasteiger partial charge in [0, 0.05) is 17.5 Å². The van der Waals surface area contributed by atoms with Crippen LogP contribution >= 0.6 is 11.3 Å². The lowest BCUT2D eigenvalue weighted by Gasteiger charge is -2.07. The standard InChI is InChI=1S/C20H20N2O2S/c1-14-7-9-15(10-8-14)11-16-12-21-19(25-16)13-22-20(23)17-5-3-4-6-18(17)24-2/h3-10,12H,11,13H2,1-2H3,(H,22,23). The number of nitrogens with one attached hydrogen (secondary N) is 1. The van der Waals surface area contributed by atoms with Crippen molar-refractivity contribution < 1.29 is 9.53 Å². The molecule has 1 aromatic heterocycles. The molecule has 1 amide bonds. The maximum absolute atomic E-state index is 12.3. The Morgan fingerprint density at radius 3 is 2.68 bits per heavy atom. The first-order valence-electron chi connectivity index (χ1n) is 8.06. The first kappa shape index (κ1) is 17.2. The topological polar surface area (TPSA) is 51.2 Å². The highest BCUT2D eigenvalue weighted by Gasteiger charge is 2.12. The van der Waals surface area contributed by atoms with Crippen LogP contribution in [0.5, 0.6) is 5.75 Å². The van der Waals surface area contributed by atoms with Gasteiger partial charge < -0.3 is 10.1 Å². The van der Waals surface area contributed by atoms with Crippen LogP contribution in [-0.4, -0.2) is 18.0 Å². The maximum atomic E-state index is 12.3. The summed E-state index contributed by atoms with van der Waals surface area (Å²) in [6.07, 6.45) is 2.74.